The Labute approximate surface area is 126 Å². The van der Waals surface area contributed by atoms with Gasteiger partial charge in [0.2, 0.25) is 0 Å². The van der Waals surface area contributed by atoms with Crippen molar-refractivity contribution in [1.82, 2.24) is 4.90 Å². The predicted octanol–water partition coefficient (Wildman–Crippen LogP) is 3.97. The molecule has 0 N–H and O–H groups in total. The van der Waals surface area contributed by atoms with Crippen LogP contribution in [0.2, 0.25) is 0 Å². The van der Waals surface area contributed by atoms with Crippen LogP contribution in [0.4, 0.5) is 0 Å². The number of likely N-dealkylation sites (tertiary alicyclic amines) is 1. The smallest absolute Gasteiger partial charge is 0.0710 e. The number of hydrogen-bond acceptors (Lipinski definition) is 2. The Bertz CT molecular complexity index is 303. The largest absolute Gasteiger partial charge is 0.370 e. The Morgan fingerprint density at radius 1 is 1.16 bits per heavy atom. The van der Waals surface area contributed by atoms with Crippen molar-refractivity contribution in [3.8, 4) is 0 Å². The molecule has 0 aromatic carbocycles. The third-order valence-corrected chi connectivity index (χ3v) is 6.71. The van der Waals surface area contributed by atoms with Crippen LogP contribution in [0.15, 0.2) is 0 Å². The second kappa shape index (κ2) is 6.03. The highest BCUT2D eigenvalue weighted by molar-refractivity contribution is 9.09. The van der Waals surface area contributed by atoms with E-state index in [0.29, 0.717) is 16.5 Å². The minimum absolute atomic E-state index is 0.291. The molecule has 3 aliphatic rings. The Morgan fingerprint density at radius 2 is 1.95 bits per heavy atom. The van der Waals surface area contributed by atoms with E-state index in [0.717, 1.165) is 12.5 Å². The molecule has 110 valence electrons. The van der Waals surface area contributed by atoms with Crippen LogP contribution in [0.5, 0.6) is 0 Å². The molecule has 19 heavy (non-hydrogen) atoms. The molecule has 3 heteroatoms. The van der Waals surface area contributed by atoms with Crippen LogP contribution in [0.25, 0.3) is 0 Å². The maximum atomic E-state index is 6.50. The minimum Gasteiger partial charge on any atom is -0.370 e. The van der Waals surface area contributed by atoms with Crippen LogP contribution in [0, 0.1) is 5.92 Å². The molecule has 3 rings (SSSR count). The van der Waals surface area contributed by atoms with Gasteiger partial charge in [-0.15, -0.1) is 0 Å². The average molecular weight is 330 g/mol. The van der Waals surface area contributed by atoms with Gasteiger partial charge in [-0.25, -0.2) is 0 Å². The van der Waals surface area contributed by atoms with Gasteiger partial charge in [0.05, 0.1) is 11.7 Å². The fraction of sp³-hybridized carbons (Fsp3) is 1.00. The Balaban J connectivity index is 1.49. The number of hydrogen-bond donors (Lipinski definition) is 0. The quantitative estimate of drug-likeness (QED) is 0.710. The van der Waals surface area contributed by atoms with E-state index < -0.39 is 0 Å². The molecule has 0 aromatic heterocycles. The summed E-state index contributed by atoms with van der Waals surface area (Å²) in [4.78, 5) is 3.29. The number of ether oxygens (including phenoxy) is 1. The summed E-state index contributed by atoms with van der Waals surface area (Å²) in [6.07, 6.45) is 11.3. The Kier molecular flexibility index (Phi) is 4.55. The molecule has 2 heterocycles. The summed E-state index contributed by atoms with van der Waals surface area (Å²) in [6.45, 7) is 5.99. The summed E-state index contributed by atoms with van der Waals surface area (Å²) in [5.74, 6) is 0.824. The van der Waals surface area contributed by atoms with E-state index in [2.05, 4.69) is 27.8 Å². The third kappa shape index (κ3) is 3.36. The first-order valence-electron chi connectivity index (χ1n) is 8.21. The first-order chi connectivity index (χ1) is 9.17. The van der Waals surface area contributed by atoms with Crippen LogP contribution in [0.1, 0.15) is 58.3 Å². The maximum Gasteiger partial charge on any atom is 0.0710 e. The van der Waals surface area contributed by atoms with Crippen molar-refractivity contribution < 1.29 is 4.74 Å². The van der Waals surface area contributed by atoms with Crippen LogP contribution < -0.4 is 0 Å². The first kappa shape index (κ1) is 14.3. The van der Waals surface area contributed by atoms with Gasteiger partial charge in [0.1, 0.15) is 0 Å². The molecular formula is C16H28BrNO. The summed E-state index contributed by atoms with van der Waals surface area (Å²) in [6, 6.07) is 0. The van der Waals surface area contributed by atoms with Gasteiger partial charge in [0, 0.05) is 17.9 Å². The predicted molar refractivity (Wildman–Crippen MR) is 82.9 cm³/mol. The van der Waals surface area contributed by atoms with Crippen LogP contribution in [-0.2, 0) is 4.74 Å². The Hall–Kier alpha value is 0.400. The van der Waals surface area contributed by atoms with Gasteiger partial charge < -0.3 is 4.74 Å². The van der Waals surface area contributed by atoms with Gasteiger partial charge >= 0.3 is 0 Å². The molecule has 2 aliphatic heterocycles. The topological polar surface area (TPSA) is 12.5 Å². The van der Waals surface area contributed by atoms with E-state index in [1.165, 1.54) is 64.5 Å². The zero-order valence-corrected chi connectivity index (χ0v) is 13.8. The molecule has 1 spiro atoms. The number of halogens is 1. The van der Waals surface area contributed by atoms with E-state index in [9.17, 15) is 0 Å². The molecule has 0 amide bonds. The van der Waals surface area contributed by atoms with Crippen molar-refractivity contribution in [2.45, 2.75) is 74.8 Å². The molecule has 3 atom stereocenters. The highest BCUT2D eigenvalue weighted by atomic mass is 79.9. The Morgan fingerprint density at radius 3 is 2.68 bits per heavy atom. The summed E-state index contributed by atoms with van der Waals surface area (Å²) < 4.78 is 6.50. The van der Waals surface area contributed by atoms with Gasteiger partial charge in [0.15, 0.2) is 0 Å². The van der Waals surface area contributed by atoms with Crippen molar-refractivity contribution in [2.24, 2.45) is 5.92 Å². The summed E-state index contributed by atoms with van der Waals surface area (Å²) in [5.41, 5.74) is 0.291. The molecule has 1 saturated carbocycles. The van der Waals surface area contributed by atoms with Gasteiger partial charge in [-0.3, -0.25) is 4.90 Å². The second-order valence-corrected chi connectivity index (χ2v) is 8.24. The van der Waals surface area contributed by atoms with Crippen LogP contribution in [0.3, 0.4) is 0 Å². The highest BCUT2D eigenvalue weighted by Crippen LogP contribution is 2.42. The van der Waals surface area contributed by atoms with E-state index in [1.54, 1.807) is 0 Å². The van der Waals surface area contributed by atoms with E-state index in [-0.39, 0.29) is 0 Å². The minimum atomic E-state index is 0.291. The van der Waals surface area contributed by atoms with Crippen molar-refractivity contribution in [3.05, 3.63) is 0 Å². The molecule has 0 bridgehead atoms. The molecule has 2 nitrogen and oxygen atoms in total. The molecule has 3 unspecified atom stereocenters. The standard InChI is InChI=1S/C16H28BrNO/c1-13-6-10-18(12-15(13)17)11-14-5-9-16(19-14)7-3-2-4-8-16/h13-15H,2-12H2,1H3. The normalized spacial score (nSPS) is 39.8. The fourth-order valence-electron chi connectivity index (χ4n) is 4.13. The summed E-state index contributed by atoms with van der Waals surface area (Å²) in [7, 11) is 0. The maximum absolute atomic E-state index is 6.50. The summed E-state index contributed by atoms with van der Waals surface area (Å²) in [5, 5.41) is 0. The van der Waals surface area contributed by atoms with E-state index >= 15 is 0 Å². The average Bonchev–Trinajstić information content (AvgIpc) is 2.78. The molecule has 1 aliphatic carbocycles. The first-order valence-corrected chi connectivity index (χ1v) is 9.13. The number of piperidine rings is 1. The van der Waals surface area contributed by atoms with Crippen molar-refractivity contribution in [2.75, 3.05) is 19.6 Å². The monoisotopic (exact) mass is 329 g/mol. The molecule has 0 radical (unpaired) electrons. The molecule has 0 aromatic rings. The molecule has 2 saturated heterocycles. The summed E-state index contributed by atoms with van der Waals surface area (Å²) >= 11 is 3.83. The van der Waals surface area contributed by atoms with Crippen LogP contribution >= 0.6 is 15.9 Å². The lowest BCUT2D eigenvalue weighted by Gasteiger charge is -2.37. The SMILES string of the molecule is CC1CCN(CC2CCC3(CCCCC3)O2)CC1Br. The third-order valence-electron chi connectivity index (χ3n) is 5.52. The van der Waals surface area contributed by atoms with Crippen molar-refractivity contribution >= 4 is 15.9 Å². The van der Waals surface area contributed by atoms with Crippen LogP contribution in [-0.4, -0.2) is 41.1 Å². The zero-order valence-electron chi connectivity index (χ0n) is 12.2. The highest BCUT2D eigenvalue weighted by Gasteiger charge is 2.41. The number of rotatable bonds is 2. The number of alkyl halides is 1. The fourth-order valence-corrected chi connectivity index (χ4v) is 4.80. The van der Waals surface area contributed by atoms with Gasteiger partial charge in [-0.1, -0.05) is 42.1 Å². The van der Waals surface area contributed by atoms with Crippen molar-refractivity contribution in [3.63, 3.8) is 0 Å². The second-order valence-electron chi connectivity index (χ2n) is 7.06. The lowest BCUT2D eigenvalue weighted by atomic mass is 9.83. The van der Waals surface area contributed by atoms with Crippen molar-refractivity contribution in [1.29, 1.82) is 0 Å². The number of nitrogens with zero attached hydrogens (tertiary/aromatic N) is 1. The van der Waals surface area contributed by atoms with E-state index in [4.69, 9.17) is 4.74 Å². The molecule has 3 fully saturated rings. The van der Waals surface area contributed by atoms with Gasteiger partial charge in [0.25, 0.3) is 0 Å². The van der Waals surface area contributed by atoms with Gasteiger partial charge in [-0.2, -0.15) is 0 Å². The lowest BCUT2D eigenvalue weighted by molar-refractivity contribution is -0.0732. The zero-order chi connectivity index (χ0) is 13.3. The van der Waals surface area contributed by atoms with Gasteiger partial charge in [-0.05, 0) is 44.6 Å². The molecular weight excluding hydrogens is 302 g/mol. The van der Waals surface area contributed by atoms with E-state index in [1.807, 2.05) is 0 Å². The lowest BCUT2D eigenvalue weighted by Crippen LogP contribution is -2.44.